The summed E-state index contributed by atoms with van der Waals surface area (Å²) < 4.78 is 11.1. The number of carbonyl (C=O) groups excluding carboxylic acids is 1. The fraction of sp³-hybridized carbons (Fsp3) is 0.562. The Morgan fingerprint density at radius 1 is 1.43 bits per heavy atom. The molecule has 3 N–H and O–H groups in total. The number of hydrogen-bond acceptors (Lipinski definition) is 4. The normalized spacial score (nSPS) is 18.2. The molecule has 0 radical (unpaired) electrons. The third-order valence-corrected chi connectivity index (χ3v) is 3.78. The number of nitrogens with one attached hydrogen (secondary N) is 1. The summed E-state index contributed by atoms with van der Waals surface area (Å²) in [5.41, 5.74) is 6.39. The number of carbonyl (C=O) groups is 1. The molecule has 21 heavy (non-hydrogen) atoms. The number of hydrogen-bond donors (Lipinski definition) is 2. The highest BCUT2D eigenvalue weighted by molar-refractivity contribution is 5.73. The van der Waals surface area contributed by atoms with Crippen molar-refractivity contribution in [3.63, 3.8) is 0 Å². The van der Waals surface area contributed by atoms with E-state index in [4.69, 9.17) is 15.2 Å². The third kappa shape index (κ3) is 4.63. The van der Waals surface area contributed by atoms with Gasteiger partial charge in [0.25, 0.3) is 0 Å². The first kappa shape index (κ1) is 15.6. The SMILES string of the molecule is COc1cc(C2CCCNC2)ccc1OCCCC(N)=O. The summed E-state index contributed by atoms with van der Waals surface area (Å²) in [6.45, 7) is 2.58. The Kier molecular flexibility index (Phi) is 5.87. The number of methoxy groups -OCH3 is 1. The van der Waals surface area contributed by atoms with Crippen molar-refractivity contribution in [2.24, 2.45) is 5.73 Å². The summed E-state index contributed by atoms with van der Waals surface area (Å²) in [5.74, 6) is 1.70. The molecule has 1 atom stereocenters. The van der Waals surface area contributed by atoms with Crippen LogP contribution in [0.2, 0.25) is 0 Å². The van der Waals surface area contributed by atoms with Gasteiger partial charge in [-0.1, -0.05) is 6.07 Å². The molecule has 1 fully saturated rings. The summed E-state index contributed by atoms with van der Waals surface area (Å²) in [6, 6.07) is 6.11. The molecule has 1 heterocycles. The summed E-state index contributed by atoms with van der Waals surface area (Å²) in [6.07, 6.45) is 3.37. The topological polar surface area (TPSA) is 73.6 Å². The van der Waals surface area contributed by atoms with Crippen LogP contribution in [0.3, 0.4) is 0 Å². The number of rotatable bonds is 7. The number of piperidine rings is 1. The van der Waals surface area contributed by atoms with Crippen molar-refractivity contribution in [1.29, 1.82) is 0 Å². The van der Waals surface area contributed by atoms with Gasteiger partial charge in [0.2, 0.25) is 5.91 Å². The minimum absolute atomic E-state index is 0.300. The van der Waals surface area contributed by atoms with Crippen LogP contribution in [-0.4, -0.2) is 32.7 Å². The van der Waals surface area contributed by atoms with Crippen LogP contribution in [0.4, 0.5) is 0 Å². The van der Waals surface area contributed by atoms with Crippen molar-refractivity contribution >= 4 is 5.91 Å². The predicted octanol–water partition coefficient (Wildman–Crippen LogP) is 1.81. The molecule has 5 heteroatoms. The number of benzene rings is 1. The second kappa shape index (κ2) is 7.88. The van der Waals surface area contributed by atoms with Crippen LogP contribution < -0.4 is 20.5 Å². The van der Waals surface area contributed by atoms with Gasteiger partial charge in [-0.3, -0.25) is 4.79 Å². The zero-order valence-corrected chi connectivity index (χ0v) is 12.6. The van der Waals surface area contributed by atoms with Crippen LogP contribution in [0.25, 0.3) is 0 Å². The van der Waals surface area contributed by atoms with Gasteiger partial charge in [-0.2, -0.15) is 0 Å². The molecule has 1 aliphatic rings. The van der Waals surface area contributed by atoms with Crippen LogP contribution in [-0.2, 0) is 4.79 Å². The maximum absolute atomic E-state index is 10.7. The van der Waals surface area contributed by atoms with Gasteiger partial charge in [0, 0.05) is 13.0 Å². The fourth-order valence-electron chi connectivity index (χ4n) is 2.62. The molecule has 0 saturated carbocycles. The minimum Gasteiger partial charge on any atom is -0.493 e. The lowest BCUT2D eigenvalue weighted by Crippen LogP contribution is -2.28. The zero-order chi connectivity index (χ0) is 15.1. The maximum Gasteiger partial charge on any atom is 0.217 e. The standard InChI is InChI=1S/C16H24N2O3/c1-20-15-10-12(13-4-2-8-18-11-13)6-7-14(15)21-9-3-5-16(17)19/h6-7,10,13,18H,2-5,8-9,11H2,1H3,(H2,17,19). The van der Waals surface area contributed by atoms with Crippen molar-refractivity contribution in [3.05, 3.63) is 23.8 Å². The molecule has 116 valence electrons. The van der Waals surface area contributed by atoms with E-state index in [0.29, 0.717) is 25.4 Å². The van der Waals surface area contributed by atoms with Crippen molar-refractivity contribution in [2.75, 3.05) is 26.8 Å². The van der Waals surface area contributed by atoms with Crippen molar-refractivity contribution in [2.45, 2.75) is 31.6 Å². The van der Waals surface area contributed by atoms with E-state index < -0.39 is 0 Å². The Morgan fingerprint density at radius 3 is 2.95 bits per heavy atom. The number of ether oxygens (including phenoxy) is 2. The van der Waals surface area contributed by atoms with Gasteiger partial charge in [-0.25, -0.2) is 0 Å². The molecule has 0 bridgehead atoms. The fourth-order valence-corrected chi connectivity index (χ4v) is 2.62. The van der Waals surface area contributed by atoms with Crippen LogP contribution in [0, 0.1) is 0 Å². The van der Waals surface area contributed by atoms with Crippen LogP contribution in [0.5, 0.6) is 11.5 Å². The molecule has 1 amide bonds. The highest BCUT2D eigenvalue weighted by Crippen LogP contribution is 2.33. The van der Waals surface area contributed by atoms with Gasteiger partial charge in [0.05, 0.1) is 13.7 Å². The molecule has 0 aromatic heterocycles. The van der Waals surface area contributed by atoms with Gasteiger partial charge in [0.1, 0.15) is 0 Å². The molecule has 0 aliphatic carbocycles. The van der Waals surface area contributed by atoms with Gasteiger partial charge in [0.15, 0.2) is 11.5 Å². The molecular weight excluding hydrogens is 268 g/mol. The van der Waals surface area contributed by atoms with Gasteiger partial charge >= 0.3 is 0 Å². The van der Waals surface area contributed by atoms with Crippen molar-refractivity contribution in [3.8, 4) is 11.5 Å². The Balaban J connectivity index is 1.97. The quantitative estimate of drug-likeness (QED) is 0.752. The van der Waals surface area contributed by atoms with E-state index in [9.17, 15) is 4.79 Å². The average molecular weight is 292 g/mol. The second-order valence-corrected chi connectivity index (χ2v) is 5.37. The lowest BCUT2D eigenvalue weighted by atomic mass is 9.91. The monoisotopic (exact) mass is 292 g/mol. The highest BCUT2D eigenvalue weighted by atomic mass is 16.5. The molecular formula is C16H24N2O3. The van der Waals surface area contributed by atoms with E-state index in [2.05, 4.69) is 17.4 Å². The number of nitrogens with two attached hydrogens (primary N) is 1. The molecule has 1 saturated heterocycles. The van der Waals surface area contributed by atoms with Gasteiger partial charge < -0.3 is 20.5 Å². The van der Waals surface area contributed by atoms with Crippen molar-refractivity contribution < 1.29 is 14.3 Å². The van der Waals surface area contributed by atoms with E-state index in [1.807, 2.05) is 6.07 Å². The first-order valence-electron chi connectivity index (χ1n) is 7.50. The Bertz CT molecular complexity index is 471. The van der Waals surface area contributed by atoms with Crippen LogP contribution in [0.15, 0.2) is 18.2 Å². The summed E-state index contributed by atoms with van der Waals surface area (Å²) >= 11 is 0. The first-order valence-corrected chi connectivity index (χ1v) is 7.50. The Morgan fingerprint density at radius 2 is 2.29 bits per heavy atom. The van der Waals surface area contributed by atoms with Crippen molar-refractivity contribution in [1.82, 2.24) is 5.32 Å². The minimum atomic E-state index is -0.300. The van der Waals surface area contributed by atoms with E-state index >= 15 is 0 Å². The van der Waals surface area contributed by atoms with E-state index in [0.717, 1.165) is 24.6 Å². The second-order valence-electron chi connectivity index (χ2n) is 5.37. The largest absolute Gasteiger partial charge is 0.493 e. The lowest BCUT2D eigenvalue weighted by Gasteiger charge is -2.24. The first-order chi connectivity index (χ1) is 10.2. The van der Waals surface area contributed by atoms with Crippen LogP contribution in [0.1, 0.15) is 37.2 Å². The summed E-state index contributed by atoms with van der Waals surface area (Å²) in [5, 5.41) is 3.42. The van der Waals surface area contributed by atoms with Gasteiger partial charge in [-0.15, -0.1) is 0 Å². The molecule has 2 rings (SSSR count). The smallest absolute Gasteiger partial charge is 0.217 e. The molecule has 1 aromatic carbocycles. The average Bonchev–Trinajstić information content (AvgIpc) is 2.52. The lowest BCUT2D eigenvalue weighted by molar-refractivity contribution is -0.118. The summed E-state index contributed by atoms with van der Waals surface area (Å²) in [4.78, 5) is 10.7. The molecule has 1 aliphatic heterocycles. The Labute approximate surface area is 125 Å². The van der Waals surface area contributed by atoms with Crippen LogP contribution >= 0.6 is 0 Å². The van der Waals surface area contributed by atoms with E-state index in [1.165, 1.54) is 18.4 Å². The molecule has 1 unspecified atom stereocenters. The number of amides is 1. The third-order valence-electron chi connectivity index (χ3n) is 3.78. The van der Waals surface area contributed by atoms with Gasteiger partial charge in [-0.05, 0) is 49.4 Å². The zero-order valence-electron chi connectivity index (χ0n) is 12.6. The molecule has 0 spiro atoms. The molecule has 1 aromatic rings. The summed E-state index contributed by atoms with van der Waals surface area (Å²) in [7, 11) is 1.65. The van der Waals surface area contributed by atoms with E-state index in [1.54, 1.807) is 7.11 Å². The molecule has 5 nitrogen and oxygen atoms in total. The number of primary amides is 1. The predicted molar refractivity (Wildman–Crippen MR) is 81.8 cm³/mol. The highest BCUT2D eigenvalue weighted by Gasteiger charge is 2.17. The van der Waals surface area contributed by atoms with E-state index in [-0.39, 0.29) is 5.91 Å². The maximum atomic E-state index is 10.7. The Hall–Kier alpha value is -1.75.